The molecule has 1 saturated carbocycles. The van der Waals surface area contributed by atoms with Crippen LogP contribution in [-0.4, -0.2) is 24.7 Å². The Balaban J connectivity index is 1.82. The highest BCUT2D eigenvalue weighted by Gasteiger charge is 2.31. The Labute approximate surface area is 111 Å². The van der Waals surface area contributed by atoms with Crippen LogP contribution in [0.3, 0.4) is 0 Å². The van der Waals surface area contributed by atoms with Crippen molar-refractivity contribution in [2.45, 2.75) is 70.9 Å². The Morgan fingerprint density at radius 1 is 1.28 bits per heavy atom. The maximum Gasteiger partial charge on any atom is 0.323 e. The zero-order valence-corrected chi connectivity index (χ0v) is 11.8. The minimum atomic E-state index is -0.0687. The van der Waals surface area contributed by atoms with E-state index in [0.717, 1.165) is 31.7 Å². The van der Waals surface area contributed by atoms with E-state index in [1.165, 1.54) is 25.7 Å². The molecule has 0 aromatic rings. The lowest BCUT2D eigenvalue weighted by Gasteiger charge is -2.32. The summed E-state index contributed by atoms with van der Waals surface area (Å²) in [6.07, 6.45) is 8.35. The monoisotopic (exact) mass is 253 g/mol. The smallest absolute Gasteiger partial charge is 0.323 e. The van der Waals surface area contributed by atoms with E-state index >= 15 is 0 Å². The molecule has 0 aromatic carbocycles. The predicted octanol–water partition coefficient (Wildman–Crippen LogP) is 2.89. The SMILES string of the molecule is CCC1CCCC(OC(=O)C2NCCCC2C)C1. The molecule has 0 aromatic heterocycles. The standard InChI is InChI=1S/C15H27NO2/c1-3-12-7-4-8-13(10-12)18-15(17)14-11(2)6-5-9-16-14/h11-14,16H,3-10H2,1-2H3. The van der Waals surface area contributed by atoms with Crippen molar-refractivity contribution in [3.63, 3.8) is 0 Å². The molecule has 4 unspecified atom stereocenters. The van der Waals surface area contributed by atoms with Crippen LogP contribution in [0.5, 0.6) is 0 Å². The molecule has 0 spiro atoms. The number of hydrogen-bond donors (Lipinski definition) is 1. The second-order valence-corrected chi connectivity index (χ2v) is 6.05. The summed E-state index contributed by atoms with van der Waals surface area (Å²) in [5.41, 5.74) is 0. The van der Waals surface area contributed by atoms with Crippen LogP contribution in [-0.2, 0) is 9.53 Å². The second kappa shape index (κ2) is 6.55. The van der Waals surface area contributed by atoms with Gasteiger partial charge in [0.1, 0.15) is 12.1 Å². The van der Waals surface area contributed by atoms with Crippen LogP contribution in [0, 0.1) is 11.8 Å². The molecule has 1 aliphatic carbocycles. The number of nitrogens with one attached hydrogen (secondary N) is 1. The van der Waals surface area contributed by atoms with Crippen molar-refractivity contribution in [1.29, 1.82) is 0 Å². The molecule has 1 N–H and O–H groups in total. The van der Waals surface area contributed by atoms with Gasteiger partial charge in [-0.1, -0.05) is 26.7 Å². The van der Waals surface area contributed by atoms with Crippen molar-refractivity contribution >= 4 is 5.97 Å². The number of carbonyl (C=O) groups is 1. The fourth-order valence-electron chi connectivity index (χ4n) is 3.32. The molecule has 3 nitrogen and oxygen atoms in total. The van der Waals surface area contributed by atoms with E-state index in [-0.39, 0.29) is 18.1 Å². The molecule has 0 bridgehead atoms. The zero-order chi connectivity index (χ0) is 13.0. The van der Waals surface area contributed by atoms with Gasteiger partial charge >= 0.3 is 5.97 Å². The molecule has 1 aliphatic heterocycles. The molecular formula is C15H27NO2. The van der Waals surface area contributed by atoms with Crippen LogP contribution < -0.4 is 5.32 Å². The third-order valence-electron chi connectivity index (χ3n) is 4.62. The molecule has 1 saturated heterocycles. The number of hydrogen-bond acceptors (Lipinski definition) is 3. The van der Waals surface area contributed by atoms with Crippen molar-refractivity contribution in [2.75, 3.05) is 6.54 Å². The van der Waals surface area contributed by atoms with Crippen molar-refractivity contribution in [3.05, 3.63) is 0 Å². The van der Waals surface area contributed by atoms with Crippen LogP contribution in [0.15, 0.2) is 0 Å². The molecule has 1 heterocycles. The normalized spacial score (nSPS) is 37.2. The maximum atomic E-state index is 12.2. The molecule has 2 rings (SSSR count). The Bertz CT molecular complexity index is 280. The minimum absolute atomic E-state index is 0.0102. The summed E-state index contributed by atoms with van der Waals surface area (Å²) in [4.78, 5) is 12.2. The Kier molecular flexibility index (Phi) is 5.04. The van der Waals surface area contributed by atoms with E-state index in [4.69, 9.17) is 4.74 Å². The highest BCUT2D eigenvalue weighted by Crippen LogP contribution is 2.29. The van der Waals surface area contributed by atoms with E-state index < -0.39 is 0 Å². The molecule has 3 heteroatoms. The summed E-state index contributed by atoms with van der Waals surface area (Å²) in [7, 11) is 0. The van der Waals surface area contributed by atoms with Crippen LogP contribution in [0.2, 0.25) is 0 Å². The fraction of sp³-hybridized carbons (Fsp3) is 0.933. The van der Waals surface area contributed by atoms with Crippen LogP contribution in [0.4, 0.5) is 0 Å². The fourth-order valence-corrected chi connectivity index (χ4v) is 3.32. The third kappa shape index (κ3) is 3.47. The van der Waals surface area contributed by atoms with Gasteiger partial charge in [-0.25, -0.2) is 0 Å². The van der Waals surface area contributed by atoms with Gasteiger partial charge < -0.3 is 10.1 Å². The lowest BCUT2D eigenvalue weighted by molar-refractivity contribution is -0.156. The van der Waals surface area contributed by atoms with E-state index in [1.807, 2.05) is 0 Å². The molecule has 4 atom stereocenters. The van der Waals surface area contributed by atoms with Gasteiger partial charge in [0.05, 0.1) is 0 Å². The first-order valence-corrected chi connectivity index (χ1v) is 7.64. The molecule has 2 aliphatic rings. The quantitative estimate of drug-likeness (QED) is 0.786. The molecule has 0 amide bonds. The highest BCUT2D eigenvalue weighted by atomic mass is 16.5. The number of rotatable bonds is 3. The first-order valence-electron chi connectivity index (χ1n) is 7.64. The van der Waals surface area contributed by atoms with Crippen molar-refractivity contribution < 1.29 is 9.53 Å². The van der Waals surface area contributed by atoms with Gasteiger partial charge in [0, 0.05) is 0 Å². The predicted molar refractivity (Wildman–Crippen MR) is 72.3 cm³/mol. The van der Waals surface area contributed by atoms with Gasteiger partial charge in [0.15, 0.2) is 0 Å². The van der Waals surface area contributed by atoms with Crippen LogP contribution in [0.25, 0.3) is 0 Å². The summed E-state index contributed by atoms with van der Waals surface area (Å²) in [6.45, 7) is 5.33. The van der Waals surface area contributed by atoms with Gasteiger partial charge in [-0.2, -0.15) is 0 Å². The minimum Gasteiger partial charge on any atom is -0.461 e. The van der Waals surface area contributed by atoms with E-state index in [9.17, 15) is 4.79 Å². The van der Waals surface area contributed by atoms with Crippen LogP contribution >= 0.6 is 0 Å². The van der Waals surface area contributed by atoms with E-state index in [2.05, 4.69) is 19.2 Å². The van der Waals surface area contributed by atoms with Gasteiger partial charge in [0.2, 0.25) is 0 Å². The first kappa shape index (κ1) is 13.9. The van der Waals surface area contributed by atoms with Gasteiger partial charge in [-0.05, 0) is 50.5 Å². The van der Waals surface area contributed by atoms with E-state index in [0.29, 0.717) is 5.92 Å². The zero-order valence-electron chi connectivity index (χ0n) is 11.8. The summed E-state index contributed by atoms with van der Waals surface area (Å²) in [5, 5.41) is 3.31. The molecule has 18 heavy (non-hydrogen) atoms. The Morgan fingerprint density at radius 3 is 2.83 bits per heavy atom. The second-order valence-electron chi connectivity index (χ2n) is 6.05. The number of esters is 1. The summed E-state index contributed by atoms with van der Waals surface area (Å²) in [5.74, 6) is 1.16. The molecule has 0 radical (unpaired) electrons. The highest BCUT2D eigenvalue weighted by molar-refractivity contribution is 5.76. The van der Waals surface area contributed by atoms with E-state index in [1.54, 1.807) is 0 Å². The molecular weight excluding hydrogens is 226 g/mol. The topological polar surface area (TPSA) is 38.3 Å². The summed E-state index contributed by atoms with van der Waals surface area (Å²) >= 11 is 0. The largest absolute Gasteiger partial charge is 0.461 e. The molecule has 104 valence electrons. The van der Waals surface area contributed by atoms with Gasteiger partial charge in [-0.15, -0.1) is 0 Å². The number of carbonyl (C=O) groups excluding carboxylic acids is 1. The average molecular weight is 253 g/mol. The summed E-state index contributed by atoms with van der Waals surface area (Å²) in [6, 6.07) is -0.0687. The van der Waals surface area contributed by atoms with Crippen molar-refractivity contribution in [3.8, 4) is 0 Å². The Morgan fingerprint density at radius 2 is 2.11 bits per heavy atom. The number of ether oxygens (including phenoxy) is 1. The molecule has 2 fully saturated rings. The lowest BCUT2D eigenvalue weighted by atomic mass is 9.85. The van der Waals surface area contributed by atoms with Gasteiger partial charge in [-0.3, -0.25) is 4.79 Å². The lowest BCUT2D eigenvalue weighted by Crippen LogP contribution is -2.47. The first-order chi connectivity index (χ1) is 8.70. The summed E-state index contributed by atoms with van der Waals surface area (Å²) < 4.78 is 5.73. The van der Waals surface area contributed by atoms with Gasteiger partial charge in [0.25, 0.3) is 0 Å². The Hall–Kier alpha value is -0.570. The number of piperidine rings is 1. The average Bonchev–Trinajstić information content (AvgIpc) is 2.39. The van der Waals surface area contributed by atoms with Crippen LogP contribution in [0.1, 0.15) is 58.8 Å². The van der Waals surface area contributed by atoms with Crippen molar-refractivity contribution in [2.24, 2.45) is 11.8 Å². The third-order valence-corrected chi connectivity index (χ3v) is 4.62. The maximum absolute atomic E-state index is 12.2. The van der Waals surface area contributed by atoms with Crippen molar-refractivity contribution in [1.82, 2.24) is 5.32 Å².